The van der Waals surface area contributed by atoms with E-state index in [4.69, 9.17) is 0 Å². The Balaban J connectivity index is 2.00. The maximum atomic E-state index is 11.4. The van der Waals surface area contributed by atoms with Crippen molar-refractivity contribution in [2.75, 3.05) is 0 Å². The predicted molar refractivity (Wildman–Crippen MR) is 108 cm³/mol. The van der Waals surface area contributed by atoms with Crippen LogP contribution in [0.3, 0.4) is 0 Å². The first-order valence-electron chi connectivity index (χ1n) is 9.21. The molecule has 0 saturated heterocycles. The third kappa shape index (κ3) is 5.16. The van der Waals surface area contributed by atoms with Crippen molar-refractivity contribution in [3.8, 4) is 0 Å². The topological polar surface area (TPSA) is 17.1 Å². The lowest BCUT2D eigenvalue weighted by atomic mass is 9.81. The lowest BCUT2D eigenvalue weighted by molar-refractivity contribution is 0.101. The van der Waals surface area contributed by atoms with Gasteiger partial charge < -0.3 is 0 Å². The first-order valence-corrected chi connectivity index (χ1v) is 9.21. The van der Waals surface area contributed by atoms with Gasteiger partial charge in [0.05, 0.1) is 0 Å². The summed E-state index contributed by atoms with van der Waals surface area (Å²) < 4.78 is 0. The standard InChI is InChI=1S/C24H30O/c1-6-24(4,5)23-13-9-11-20(17-23)10-7-8-12-21-14-15-22(19(3)25)16-18(21)2/h7,9-11,13-17H,6,8,12H2,1-5H3. The van der Waals surface area contributed by atoms with Crippen molar-refractivity contribution in [1.29, 1.82) is 0 Å². The first kappa shape index (κ1) is 19.2. The van der Waals surface area contributed by atoms with E-state index >= 15 is 0 Å². The molecule has 0 aliphatic carbocycles. The summed E-state index contributed by atoms with van der Waals surface area (Å²) in [4.78, 5) is 11.4. The van der Waals surface area contributed by atoms with Crippen LogP contribution in [0.1, 0.15) is 73.1 Å². The van der Waals surface area contributed by atoms with Crippen molar-refractivity contribution in [3.05, 3.63) is 76.4 Å². The zero-order valence-electron chi connectivity index (χ0n) is 16.2. The zero-order chi connectivity index (χ0) is 18.4. The summed E-state index contributed by atoms with van der Waals surface area (Å²) in [6.07, 6.45) is 7.60. The van der Waals surface area contributed by atoms with E-state index < -0.39 is 0 Å². The Kier molecular flexibility index (Phi) is 6.36. The summed E-state index contributed by atoms with van der Waals surface area (Å²) in [5.74, 6) is 0.129. The number of Topliss-reactive ketones (excluding diaryl/α,β-unsaturated/α-hetero) is 1. The molecule has 0 saturated carbocycles. The molecule has 0 N–H and O–H groups in total. The number of aryl methyl sites for hydroxylation is 2. The van der Waals surface area contributed by atoms with Crippen LogP contribution >= 0.6 is 0 Å². The lowest BCUT2D eigenvalue weighted by Crippen LogP contribution is -2.15. The molecule has 132 valence electrons. The average Bonchev–Trinajstić information content (AvgIpc) is 2.60. The van der Waals surface area contributed by atoms with Crippen molar-refractivity contribution < 1.29 is 4.79 Å². The van der Waals surface area contributed by atoms with Crippen LogP contribution in [0, 0.1) is 6.92 Å². The van der Waals surface area contributed by atoms with E-state index in [9.17, 15) is 4.79 Å². The highest BCUT2D eigenvalue weighted by Crippen LogP contribution is 2.27. The number of carbonyl (C=O) groups is 1. The molecule has 0 spiro atoms. The van der Waals surface area contributed by atoms with Gasteiger partial charge in [-0.1, -0.05) is 69.3 Å². The molecule has 1 nitrogen and oxygen atoms in total. The molecular weight excluding hydrogens is 304 g/mol. The summed E-state index contributed by atoms with van der Waals surface area (Å²) in [6.45, 7) is 10.5. The van der Waals surface area contributed by atoms with Gasteiger partial charge in [0.25, 0.3) is 0 Å². The normalized spacial score (nSPS) is 11.9. The van der Waals surface area contributed by atoms with Crippen LogP contribution in [0.4, 0.5) is 0 Å². The molecule has 25 heavy (non-hydrogen) atoms. The second kappa shape index (κ2) is 8.29. The smallest absolute Gasteiger partial charge is 0.159 e. The molecule has 2 rings (SSSR count). The number of allylic oxidation sites excluding steroid dienone is 1. The summed E-state index contributed by atoms with van der Waals surface area (Å²) in [5, 5.41) is 0. The molecule has 0 bridgehead atoms. The van der Waals surface area contributed by atoms with E-state index in [-0.39, 0.29) is 11.2 Å². The fourth-order valence-electron chi connectivity index (χ4n) is 2.92. The monoisotopic (exact) mass is 334 g/mol. The predicted octanol–water partition coefficient (Wildman–Crippen LogP) is 6.53. The molecule has 0 atom stereocenters. The molecule has 0 unspecified atom stereocenters. The second-order valence-electron chi connectivity index (χ2n) is 7.50. The van der Waals surface area contributed by atoms with Crippen molar-refractivity contribution in [1.82, 2.24) is 0 Å². The molecular formula is C24H30O. The van der Waals surface area contributed by atoms with Crippen molar-refractivity contribution >= 4 is 11.9 Å². The van der Waals surface area contributed by atoms with E-state index in [1.807, 2.05) is 12.1 Å². The van der Waals surface area contributed by atoms with Crippen LogP contribution in [-0.4, -0.2) is 5.78 Å². The third-order valence-electron chi connectivity index (χ3n) is 5.19. The van der Waals surface area contributed by atoms with Gasteiger partial charge in [-0.25, -0.2) is 0 Å². The van der Waals surface area contributed by atoms with Crippen molar-refractivity contribution in [2.24, 2.45) is 0 Å². The fourth-order valence-corrected chi connectivity index (χ4v) is 2.92. The third-order valence-corrected chi connectivity index (χ3v) is 5.19. The first-order chi connectivity index (χ1) is 11.8. The van der Waals surface area contributed by atoms with Gasteiger partial charge in [-0.15, -0.1) is 0 Å². The van der Waals surface area contributed by atoms with E-state index in [0.717, 1.165) is 24.8 Å². The van der Waals surface area contributed by atoms with Gasteiger partial charge in [0.2, 0.25) is 0 Å². The molecule has 0 amide bonds. The van der Waals surface area contributed by atoms with E-state index in [1.165, 1.54) is 22.3 Å². The Labute approximate surface area is 152 Å². The maximum Gasteiger partial charge on any atom is 0.159 e. The van der Waals surface area contributed by atoms with E-state index in [1.54, 1.807) is 6.92 Å². The largest absolute Gasteiger partial charge is 0.295 e. The molecule has 0 aliphatic heterocycles. The quantitative estimate of drug-likeness (QED) is 0.526. The highest BCUT2D eigenvalue weighted by molar-refractivity contribution is 5.94. The van der Waals surface area contributed by atoms with E-state index in [2.05, 4.69) is 70.2 Å². The van der Waals surface area contributed by atoms with Crippen LogP contribution in [-0.2, 0) is 11.8 Å². The van der Waals surface area contributed by atoms with Gasteiger partial charge in [-0.05, 0) is 66.8 Å². The van der Waals surface area contributed by atoms with Crippen molar-refractivity contribution in [2.45, 2.75) is 59.3 Å². The van der Waals surface area contributed by atoms with Crippen LogP contribution in [0.5, 0.6) is 0 Å². The average molecular weight is 335 g/mol. The SMILES string of the molecule is CCC(C)(C)c1cccc(C=CCCc2ccc(C(C)=O)cc2C)c1. The summed E-state index contributed by atoms with van der Waals surface area (Å²) in [6, 6.07) is 14.9. The van der Waals surface area contributed by atoms with Gasteiger partial charge in [-0.3, -0.25) is 4.79 Å². The van der Waals surface area contributed by atoms with Gasteiger partial charge in [0.1, 0.15) is 0 Å². The molecule has 0 aromatic heterocycles. The molecule has 2 aromatic carbocycles. The highest BCUT2D eigenvalue weighted by Gasteiger charge is 2.17. The molecule has 0 radical (unpaired) electrons. The van der Waals surface area contributed by atoms with Crippen LogP contribution < -0.4 is 0 Å². The Morgan fingerprint density at radius 2 is 1.88 bits per heavy atom. The Morgan fingerprint density at radius 1 is 1.12 bits per heavy atom. The molecule has 2 aromatic rings. The molecule has 0 heterocycles. The number of rotatable bonds is 7. The second-order valence-corrected chi connectivity index (χ2v) is 7.50. The van der Waals surface area contributed by atoms with Crippen molar-refractivity contribution in [3.63, 3.8) is 0 Å². The van der Waals surface area contributed by atoms with Gasteiger partial charge in [0, 0.05) is 5.56 Å². The maximum absolute atomic E-state index is 11.4. The van der Waals surface area contributed by atoms with E-state index in [0.29, 0.717) is 0 Å². The summed E-state index contributed by atoms with van der Waals surface area (Å²) >= 11 is 0. The zero-order valence-corrected chi connectivity index (χ0v) is 16.2. The molecule has 0 aliphatic rings. The number of hydrogen-bond donors (Lipinski definition) is 0. The summed E-state index contributed by atoms with van der Waals surface area (Å²) in [7, 11) is 0. The van der Waals surface area contributed by atoms with Gasteiger partial charge >= 0.3 is 0 Å². The Morgan fingerprint density at radius 3 is 2.52 bits per heavy atom. The van der Waals surface area contributed by atoms with Gasteiger partial charge in [0.15, 0.2) is 5.78 Å². The fraction of sp³-hybridized carbons (Fsp3) is 0.375. The minimum atomic E-state index is 0.129. The summed E-state index contributed by atoms with van der Waals surface area (Å²) in [5.41, 5.74) is 6.20. The molecule has 1 heteroatoms. The number of hydrogen-bond acceptors (Lipinski definition) is 1. The number of ketones is 1. The Hall–Kier alpha value is -2.15. The Bertz CT molecular complexity index is 765. The van der Waals surface area contributed by atoms with Crippen LogP contribution in [0.2, 0.25) is 0 Å². The minimum Gasteiger partial charge on any atom is -0.295 e. The lowest BCUT2D eigenvalue weighted by Gasteiger charge is -2.23. The van der Waals surface area contributed by atoms with Gasteiger partial charge in [-0.2, -0.15) is 0 Å². The van der Waals surface area contributed by atoms with Crippen LogP contribution in [0.15, 0.2) is 48.5 Å². The number of carbonyl (C=O) groups excluding carboxylic acids is 1. The van der Waals surface area contributed by atoms with Crippen LogP contribution in [0.25, 0.3) is 6.08 Å². The number of benzene rings is 2. The highest BCUT2D eigenvalue weighted by atomic mass is 16.1. The minimum absolute atomic E-state index is 0.129. The molecule has 0 fully saturated rings.